The fourth-order valence-electron chi connectivity index (χ4n) is 1.66. The molecule has 0 aliphatic heterocycles. The van der Waals surface area contributed by atoms with E-state index in [1.807, 2.05) is 24.3 Å². The first-order valence-electron chi connectivity index (χ1n) is 5.64. The molecule has 0 aliphatic rings. The van der Waals surface area contributed by atoms with Crippen molar-refractivity contribution in [2.45, 2.75) is 6.54 Å². The summed E-state index contributed by atoms with van der Waals surface area (Å²) in [6.45, 7) is 0.544. The summed E-state index contributed by atoms with van der Waals surface area (Å²) in [7, 11) is 0. The molecule has 5 heteroatoms. The summed E-state index contributed by atoms with van der Waals surface area (Å²) < 4.78 is 13.9. The van der Waals surface area contributed by atoms with Crippen molar-refractivity contribution in [1.82, 2.24) is 0 Å². The Morgan fingerprint density at radius 1 is 1.26 bits per heavy atom. The molecule has 0 saturated carbocycles. The highest BCUT2D eigenvalue weighted by molar-refractivity contribution is 9.10. The first-order valence-corrected chi connectivity index (χ1v) is 6.84. The average Bonchev–Trinajstić information content (AvgIpc) is 2.37. The standard InChI is InChI=1S/C14H12BrFN2S/c15-12-7-10(14(17)19)4-5-13(12)18-8-9-2-1-3-11(16)6-9/h1-7,18H,8H2,(H2,17,19). The van der Waals surface area contributed by atoms with Crippen LogP contribution in [0.4, 0.5) is 10.1 Å². The van der Waals surface area contributed by atoms with Crippen molar-refractivity contribution >= 4 is 38.8 Å². The molecule has 0 aliphatic carbocycles. The molecule has 0 unspecified atom stereocenters. The first kappa shape index (κ1) is 14.0. The van der Waals surface area contributed by atoms with Gasteiger partial charge in [-0.1, -0.05) is 24.4 Å². The second-order valence-corrected chi connectivity index (χ2v) is 5.34. The van der Waals surface area contributed by atoms with Crippen LogP contribution in [-0.2, 0) is 6.54 Å². The molecule has 2 aromatic carbocycles. The minimum atomic E-state index is -0.234. The molecule has 98 valence electrons. The van der Waals surface area contributed by atoms with Gasteiger partial charge in [0.15, 0.2) is 0 Å². The predicted octanol–water partition coefficient (Wildman–Crippen LogP) is 3.83. The van der Waals surface area contributed by atoms with Crippen LogP contribution < -0.4 is 11.1 Å². The molecule has 0 atom stereocenters. The topological polar surface area (TPSA) is 38.0 Å². The van der Waals surface area contributed by atoms with Crippen LogP contribution in [0.15, 0.2) is 46.9 Å². The molecule has 0 saturated heterocycles. The summed E-state index contributed by atoms with van der Waals surface area (Å²) in [5.74, 6) is -0.234. The molecule has 2 nitrogen and oxygen atoms in total. The molecule has 0 bridgehead atoms. The van der Waals surface area contributed by atoms with Gasteiger partial charge in [-0.25, -0.2) is 4.39 Å². The first-order chi connectivity index (χ1) is 9.06. The SMILES string of the molecule is NC(=S)c1ccc(NCc2cccc(F)c2)c(Br)c1. The van der Waals surface area contributed by atoms with Crippen LogP contribution in [-0.4, -0.2) is 4.99 Å². The maximum Gasteiger partial charge on any atom is 0.123 e. The third-order valence-corrected chi connectivity index (χ3v) is 3.52. The van der Waals surface area contributed by atoms with Crippen molar-refractivity contribution in [2.75, 3.05) is 5.32 Å². The van der Waals surface area contributed by atoms with E-state index in [0.29, 0.717) is 11.5 Å². The smallest absolute Gasteiger partial charge is 0.123 e. The van der Waals surface area contributed by atoms with E-state index in [1.54, 1.807) is 6.07 Å². The highest BCUT2D eigenvalue weighted by atomic mass is 79.9. The van der Waals surface area contributed by atoms with Crippen LogP contribution >= 0.6 is 28.1 Å². The van der Waals surface area contributed by atoms with Gasteiger partial charge in [-0.05, 0) is 51.8 Å². The Balaban J connectivity index is 2.10. The average molecular weight is 339 g/mol. The molecule has 3 N–H and O–H groups in total. The van der Waals surface area contributed by atoms with E-state index in [1.165, 1.54) is 12.1 Å². The van der Waals surface area contributed by atoms with Crippen molar-refractivity contribution in [3.05, 3.63) is 63.9 Å². The maximum atomic E-state index is 13.0. The van der Waals surface area contributed by atoms with Gasteiger partial charge < -0.3 is 11.1 Å². The lowest BCUT2D eigenvalue weighted by atomic mass is 10.2. The van der Waals surface area contributed by atoms with Gasteiger partial charge in [0, 0.05) is 22.3 Å². The van der Waals surface area contributed by atoms with Crippen LogP contribution in [0.5, 0.6) is 0 Å². The number of benzene rings is 2. The third-order valence-electron chi connectivity index (χ3n) is 2.63. The number of nitrogens with two attached hydrogens (primary N) is 1. The number of nitrogens with one attached hydrogen (secondary N) is 1. The minimum Gasteiger partial charge on any atom is -0.389 e. The van der Waals surface area contributed by atoms with E-state index < -0.39 is 0 Å². The zero-order chi connectivity index (χ0) is 13.8. The molecule has 0 heterocycles. The largest absolute Gasteiger partial charge is 0.389 e. The Labute approximate surface area is 124 Å². The Morgan fingerprint density at radius 2 is 2.05 bits per heavy atom. The van der Waals surface area contributed by atoms with Gasteiger partial charge in [-0.2, -0.15) is 0 Å². The molecule has 2 aromatic rings. The van der Waals surface area contributed by atoms with E-state index in [9.17, 15) is 4.39 Å². The lowest BCUT2D eigenvalue weighted by molar-refractivity contribution is 0.626. The zero-order valence-corrected chi connectivity index (χ0v) is 12.4. The fourth-order valence-corrected chi connectivity index (χ4v) is 2.30. The summed E-state index contributed by atoms with van der Waals surface area (Å²) >= 11 is 8.37. The Bertz CT molecular complexity index is 616. The molecule has 0 spiro atoms. The summed E-state index contributed by atoms with van der Waals surface area (Å²) in [5.41, 5.74) is 8.15. The zero-order valence-electron chi connectivity index (χ0n) is 9.99. The number of rotatable bonds is 4. The van der Waals surface area contributed by atoms with E-state index in [0.717, 1.165) is 21.3 Å². The van der Waals surface area contributed by atoms with Crippen molar-refractivity contribution in [3.63, 3.8) is 0 Å². The van der Waals surface area contributed by atoms with E-state index in [2.05, 4.69) is 21.2 Å². The molecular formula is C14H12BrFN2S. The molecule has 2 rings (SSSR count). The van der Waals surface area contributed by atoms with E-state index in [-0.39, 0.29) is 5.82 Å². The van der Waals surface area contributed by atoms with Crippen LogP contribution in [0, 0.1) is 5.82 Å². The van der Waals surface area contributed by atoms with Crippen LogP contribution in [0.25, 0.3) is 0 Å². The van der Waals surface area contributed by atoms with Crippen LogP contribution in [0.2, 0.25) is 0 Å². The second-order valence-electron chi connectivity index (χ2n) is 4.04. The van der Waals surface area contributed by atoms with Gasteiger partial charge in [0.05, 0.1) is 0 Å². The number of halogens is 2. The number of anilines is 1. The molecule has 0 aromatic heterocycles. The summed E-state index contributed by atoms with van der Waals surface area (Å²) in [4.78, 5) is 0.359. The Kier molecular flexibility index (Phi) is 4.50. The lowest BCUT2D eigenvalue weighted by Gasteiger charge is -2.10. The fraction of sp³-hybridized carbons (Fsp3) is 0.0714. The molecule has 0 radical (unpaired) electrons. The van der Waals surface area contributed by atoms with Gasteiger partial charge in [0.2, 0.25) is 0 Å². The van der Waals surface area contributed by atoms with Crippen molar-refractivity contribution < 1.29 is 4.39 Å². The quantitative estimate of drug-likeness (QED) is 0.832. The number of thiocarbonyl (C=S) groups is 1. The molecule has 0 amide bonds. The molecule has 0 fully saturated rings. The van der Waals surface area contributed by atoms with Gasteiger partial charge in [0.1, 0.15) is 10.8 Å². The molecule has 19 heavy (non-hydrogen) atoms. The predicted molar refractivity (Wildman–Crippen MR) is 83.8 cm³/mol. The van der Waals surface area contributed by atoms with Crippen molar-refractivity contribution in [2.24, 2.45) is 5.73 Å². The monoisotopic (exact) mass is 338 g/mol. The Morgan fingerprint density at radius 3 is 2.68 bits per heavy atom. The van der Waals surface area contributed by atoms with Gasteiger partial charge in [-0.15, -0.1) is 0 Å². The highest BCUT2D eigenvalue weighted by Gasteiger charge is 2.03. The van der Waals surface area contributed by atoms with Crippen LogP contribution in [0.1, 0.15) is 11.1 Å². The van der Waals surface area contributed by atoms with Crippen LogP contribution in [0.3, 0.4) is 0 Å². The van der Waals surface area contributed by atoms with Crippen molar-refractivity contribution in [3.8, 4) is 0 Å². The number of hydrogen-bond donors (Lipinski definition) is 2. The second kappa shape index (κ2) is 6.12. The van der Waals surface area contributed by atoms with E-state index in [4.69, 9.17) is 18.0 Å². The molecular weight excluding hydrogens is 327 g/mol. The summed E-state index contributed by atoms with van der Waals surface area (Å²) in [6.07, 6.45) is 0. The van der Waals surface area contributed by atoms with Crippen molar-refractivity contribution in [1.29, 1.82) is 0 Å². The minimum absolute atomic E-state index is 0.234. The lowest BCUT2D eigenvalue weighted by Crippen LogP contribution is -2.09. The van der Waals surface area contributed by atoms with E-state index >= 15 is 0 Å². The summed E-state index contributed by atoms with van der Waals surface area (Å²) in [5, 5.41) is 3.22. The Hall–Kier alpha value is -1.46. The van der Waals surface area contributed by atoms with Gasteiger partial charge in [-0.3, -0.25) is 0 Å². The normalized spacial score (nSPS) is 10.2. The summed E-state index contributed by atoms with van der Waals surface area (Å²) in [6, 6.07) is 12.1. The van der Waals surface area contributed by atoms with Gasteiger partial charge in [0.25, 0.3) is 0 Å². The maximum absolute atomic E-state index is 13.0. The number of hydrogen-bond acceptors (Lipinski definition) is 2. The highest BCUT2D eigenvalue weighted by Crippen LogP contribution is 2.24. The van der Waals surface area contributed by atoms with Gasteiger partial charge >= 0.3 is 0 Å². The third kappa shape index (κ3) is 3.75.